The van der Waals surface area contributed by atoms with Crippen LogP contribution in [0.3, 0.4) is 0 Å². The lowest BCUT2D eigenvalue weighted by atomic mass is 10.2. The lowest BCUT2D eigenvalue weighted by Crippen LogP contribution is -2.55. The summed E-state index contributed by atoms with van der Waals surface area (Å²) in [6.07, 6.45) is 0. The van der Waals surface area contributed by atoms with E-state index in [0.717, 1.165) is 26.2 Å². The summed E-state index contributed by atoms with van der Waals surface area (Å²) in [5.41, 5.74) is 5.75. The molecule has 0 amide bonds. The van der Waals surface area contributed by atoms with Crippen molar-refractivity contribution in [3.8, 4) is 0 Å². The average molecular weight is 184 g/mol. The average Bonchev–Trinajstić information content (AvgIpc) is 2.16. The molecule has 1 fully saturated rings. The number of hydrogen-bond acceptors (Lipinski definition) is 2. The second-order valence-corrected chi connectivity index (χ2v) is 3.51. The van der Waals surface area contributed by atoms with Gasteiger partial charge < -0.3 is 10.6 Å². The molecule has 13 heavy (non-hydrogen) atoms. The van der Waals surface area contributed by atoms with E-state index in [9.17, 15) is 0 Å². The van der Waals surface area contributed by atoms with Gasteiger partial charge in [0, 0.05) is 32.7 Å². The molecule has 1 saturated heterocycles. The largest absolute Gasteiger partial charge is 0.370 e. The Morgan fingerprint density at radius 1 is 1.54 bits per heavy atom. The summed E-state index contributed by atoms with van der Waals surface area (Å²) in [5.74, 6) is 0.669. The van der Waals surface area contributed by atoms with Crippen molar-refractivity contribution in [1.29, 1.82) is 0 Å². The van der Waals surface area contributed by atoms with E-state index in [-0.39, 0.29) is 0 Å². The highest BCUT2D eigenvalue weighted by molar-refractivity contribution is 5.78. The number of hydrogen-bond donors (Lipinski definition) is 1. The van der Waals surface area contributed by atoms with Gasteiger partial charge in [0.2, 0.25) is 0 Å². The van der Waals surface area contributed by atoms with Crippen LogP contribution in [0.5, 0.6) is 0 Å². The Bertz CT molecular complexity index is 190. The van der Waals surface area contributed by atoms with Crippen LogP contribution in [0.2, 0.25) is 0 Å². The molecule has 4 heteroatoms. The minimum absolute atomic E-state index is 0.582. The fourth-order valence-corrected chi connectivity index (χ4v) is 1.81. The number of nitrogens with two attached hydrogens (primary N) is 1. The lowest BCUT2D eigenvalue weighted by molar-refractivity contribution is 0.129. The Labute approximate surface area is 80.4 Å². The first kappa shape index (κ1) is 10.3. The number of nitrogens with zero attached hydrogens (tertiary/aromatic N) is 3. The van der Waals surface area contributed by atoms with Crippen LogP contribution in [-0.4, -0.2) is 55.0 Å². The maximum absolute atomic E-state index is 5.75. The van der Waals surface area contributed by atoms with Crippen LogP contribution in [0.4, 0.5) is 0 Å². The quantitative estimate of drug-likeness (QED) is 0.459. The van der Waals surface area contributed by atoms with Gasteiger partial charge in [0.25, 0.3) is 0 Å². The van der Waals surface area contributed by atoms with Crippen LogP contribution >= 0.6 is 0 Å². The highest BCUT2D eigenvalue weighted by atomic mass is 15.3. The van der Waals surface area contributed by atoms with Gasteiger partial charge in [-0.3, -0.25) is 9.89 Å². The molecule has 1 rings (SSSR count). The highest BCUT2D eigenvalue weighted by Gasteiger charge is 2.22. The van der Waals surface area contributed by atoms with Crippen molar-refractivity contribution in [1.82, 2.24) is 9.80 Å². The van der Waals surface area contributed by atoms with Gasteiger partial charge in [-0.2, -0.15) is 0 Å². The summed E-state index contributed by atoms with van der Waals surface area (Å²) in [6.45, 7) is 8.65. The van der Waals surface area contributed by atoms with Crippen molar-refractivity contribution in [3.05, 3.63) is 0 Å². The molecule has 1 aliphatic rings. The van der Waals surface area contributed by atoms with Crippen LogP contribution in [0.1, 0.15) is 13.8 Å². The lowest BCUT2D eigenvalue weighted by Gasteiger charge is -2.39. The van der Waals surface area contributed by atoms with E-state index in [1.165, 1.54) is 0 Å². The first-order chi connectivity index (χ1) is 6.19. The molecule has 1 aliphatic heterocycles. The zero-order valence-corrected chi connectivity index (χ0v) is 8.82. The summed E-state index contributed by atoms with van der Waals surface area (Å²) in [4.78, 5) is 8.61. The molecule has 4 nitrogen and oxygen atoms in total. The molecule has 0 aliphatic carbocycles. The molecule has 76 valence electrons. The molecule has 2 N–H and O–H groups in total. The fourth-order valence-electron chi connectivity index (χ4n) is 1.81. The monoisotopic (exact) mass is 184 g/mol. The Balaban J connectivity index is 2.50. The number of guanidine groups is 1. The van der Waals surface area contributed by atoms with E-state index in [4.69, 9.17) is 5.73 Å². The van der Waals surface area contributed by atoms with Crippen molar-refractivity contribution < 1.29 is 0 Å². The maximum atomic E-state index is 5.75. The van der Waals surface area contributed by atoms with Gasteiger partial charge in [-0.25, -0.2) is 0 Å². The van der Waals surface area contributed by atoms with Gasteiger partial charge in [-0.05, 0) is 13.5 Å². The first-order valence-electron chi connectivity index (χ1n) is 4.90. The van der Waals surface area contributed by atoms with Crippen LogP contribution in [0, 0.1) is 0 Å². The number of likely N-dealkylation sites (N-methyl/N-ethyl adjacent to an activating group) is 1. The van der Waals surface area contributed by atoms with Gasteiger partial charge in [0.15, 0.2) is 5.96 Å². The molecule has 0 aromatic carbocycles. The van der Waals surface area contributed by atoms with E-state index >= 15 is 0 Å². The summed E-state index contributed by atoms with van der Waals surface area (Å²) in [5, 5.41) is 0. The van der Waals surface area contributed by atoms with Gasteiger partial charge in [0.1, 0.15) is 0 Å². The highest BCUT2D eigenvalue weighted by Crippen LogP contribution is 2.07. The molecule has 0 bridgehead atoms. The zero-order chi connectivity index (χ0) is 9.84. The van der Waals surface area contributed by atoms with E-state index in [1.54, 1.807) is 7.05 Å². The SMILES string of the molecule is CCN1CCN(C(N)=NC)CC1C. The maximum Gasteiger partial charge on any atom is 0.191 e. The second-order valence-electron chi connectivity index (χ2n) is 3.51. The topological polar surface area (TPSA) is 44.9 Å². The van der Waals surface area contributed by atoms with E-state index in [0.29, 0.717) is 12.0 Å². The third-order valence-corrected chi connectivity index (χ3v) is 2.72. The van der Waals surface area contributed by atoms with E-state index in [1.807, 2.05) is 0 Å². The standard InChI is InChI=1S/C9H20N4/c1-4-12-5-6-13(7-8(12)2)9(10)11-3/h8H,4-7H2,1-3H3,(H2,10,11). The van der Waals surface area contributed by atoms with Crippen molar-refractivity contribution in [2.75, 3.05) is 33.2 Å². The van der Waals surface area contributed by atoms with Gasteiger partial charge in [0.05, 0.1) is 0 Å². The molecular formula is C9H20N4. The number of piperazine rings is 1. The molecule has 0 spiro atoms. The fraction of sp³-hybridized carbons (Fsp3) is 0.889. The Morgan fingerprint density at radius 2 is 2.23 bits per heavy atom. The van der Waals surface area contributed by atoms with Crippen LogP contribution < -0.4 is 5.73 Å². The van der Waals surface area contributed by atoms with Crippen LogP contribution in [0.25, 0.3) is 0 Å². The smallest absolute Gasteiger partial charge is 0.191 e. The minimum Gasteiger partial charge on any atom is -0.370 e. The molecule has 1 heterocycles. The molecular weight excluding hydrogens is 164 g/mol. The zero-order valence-electron chi connectivity index (χ0n) is 8.82. The third-order valence-electron chi connectivity index (χ3n) is 2.72. The molecule has 0 radical (unpaired) electrons. The Kier molecular flexibility index (Phi) is 3.54. The molecule has 1 unspecified atom stereocenters. The van der Waals surface area contributed by atoms with Crippen molar-refractivity contribution in [2.24, 2.45) is 10.7 Å². The van der Waals surface area contributed by atoms with Crippen molar-refractivity contribution in [2.45, 2.75) is 19.9 Å². The van der Waals surface area contributed by atoms with Gasteiger partial charge in [-0.1, -0.05) is 6.92 Å². The molecule has 0 aromatic heterocycles. The summed E-state index contributed by atoms with van der Waals surface area (Å²) < 4.78 is 0. The Morgan fingerprint density at radius 3 is 2.69 bits per heavy atom. The normalized spacial score (nSPS) is 26.5. The van der Waals surface area contributed by atoms with Crippen molar-refractivity contribution in [3.63, 3.8) is 0 Å². The van der Waals surface area contributed by atoms with E-state index in [2.05, 4.69) is 28.6 Å². The second kappa shape index (κ2) is 4.46. The third kappa shape index (κ3) is 2.34. The number of rotatable bonds is 1. The predicted octanol–water partition coefficient (Wildman–Crippen LogP) is -0.0431. The predicted molar refractivity (Wildman–Crippen MR) is 55.8 cm³/mol. The van der Waals surface area contributed by atoms with E-state index < -0.39 is 0 Å². The number of aliphatic imine (C=N–C) groups is 1. The van der Waals surface area contributed by atoms with Crippen LogP contribution in [-0.2, 0) is 0 Å². The summed E-state index contributed by atoms with van der Waals surface area (Å²) >= 11 is 0. The first-order valence-corrected chi connectivity index (χ1v) is 4.90. The van der Waals surface area contributed by atoms with Crippen molar-refractivity contribution >= 4 is 5.96 Å². The van der Waals surface area contributed by atoms with Crippen LogP contribution in [0.15, 0.2) is 4.99 Å². The molecule has 0 saturated carbocycles. The summed E-state index contributed by atoms with van der Waals surface area (Å²) in [6, 6.07) is 0.582. The summed E-state index contributed by atoms with van der Waals surface area (Å²) in [7, 11) is 1.74. The molecule has 1 atom stereocenters. The van der Waals surface area contributed by atoms with Gasteiger partial charge in [-0.15, -0.1) is 0 Å². The minimum atomic E-state index is 0.582. The molecule has 0 aromatic rings. The van der Waals surface area contributed by atoms with Gasteiger partial charge >= 0.3 is 0 Å². The Hall–Kier alpha value is -0.770.